The molecule has 0 spiro atoms. The number of aryl methyl sites for hydroxylation is 1. The van der Waals surface area contributed by atoms with E-state index in [2.05, 4.69) is 37.2 Å². The number of hydrogen-bond acceptors (Lipinski definition) is 2. The molecule has 122 valence electrons. The molecule has 4 nitrogen and oxygen atoms in total. The van der Waals surface area contributed by atoms with E-state index in [0.717, 1.165) is 43.9 Å². The van der Waals surface area contributed by atoms with Crippen molar-refractivity contribution in [2.45, 2.75) is 45.1 Å². The van der Waals surface area contributed by atoms with Gasteiger partial charge in [-0.15, -0.1) is 0 Å². The van der Waals surface area contributed by atoms with Gasteiger partial charge in [-0.05, 0) is 37.3 Å². The average molecular weight is 303 g/mol. The van der Waals surface area contributed by atoms with Crippen LogP contribution >= 0.6 is 0 Å². The standard InChI is InChI=1S/C18H29N3O/c1-4-6-13-21(3)17(19-5-2)20-14-18(22)12-11-15-9-7-8-10-16(15)18/h7-10,22H,4-6,11-14H2,1-3H3,(H,19,20). The Morgan fingerprint density at radius 2 is 2.14 bits per heavy atom. The molecular weight excluding hydrogens is 274 g/mol. The van der Waals surface area contributed by atoms with Gasteiger partial charge in [-0.2, -0.15) is 0 Å². The van der Waals surface area contributed by atoms with Crippen LogP contribution < -0.4 is 5.32 Å². The fourth-order valence-corrected chi connectivity index (χ4v) is 3.01. The van der Waals surface area contributed by atoms with Gasteiger partial charge in [0.25, 0.3) is 0 Å². The van der Waals surface area contributed by atoms with Gasteiger partial charge in [-0.25, -0.2) is 4.99 Å². The Hall–Kier alpha value is -1.55. The van der Waals surface area contributed by atoms with Crippen LogP contribution in [0, 0.1) is 0 Å². The third-order valence-corrected chi connectivity index (χ3v) is 4.36. The van der Waals surface area contributed by atoms with Crippen LogP contribution in [-0.2, 0) is 12.0 Å². The number of nitrogens with zero attached hydrogens (tertiary/aromatic N) is 2. The number of aliphatic hydroxyl groups is 1. The predicted octanol–water partition coefficient (Wildman–Crippen LogP) is 2.52. The van der Waals surface area contributed by atoms with Gasteiger partial charge in [-0.3, -0.25) is 0 Å². The van der Waals surface area contributed by atoms with Crippen molar-refractivity contribution in [3.8, 4) is 0 Å². The first-order valence-corrected chi connectivity index (χ1v) is 8.41. The largest absolute Gasteiger partial charge is 0.383 e. The van der Waals surface area contributed by atoms with E-state index in [1.807, 2.05) is 18.2 Å². The van der Waals surface area contributed by atoms with E-state index in [4.69, 9.17) is 4.99 Å². The number of aliphatic imine (C=N–C) groups is 1. The van der Waals surface area contributed by atoms with Crippen molar-refractivity contribution in [1.82, 2.24) is 10.2 Å². The quantitative estimate of drug-likeness (QED) is 0.627. The number of fused-ring (bicyclic) bond motifs is 1. The summed E-state index contributed by atoms with van der Waals surface area (Å²) in [6.45, 7) is 6.50. The SMILES string of the molecule is CCCCN(C)C(=NCC1(O)CCc2ccccc21)NCC. The summed E-state index contributed by atoms with van der Waals surface area (Å²) in [6, 6.07) is 8.18. The summed E-state index contributed by atoms with van der Waals surface area (Å²) in [6.07, 6.45) is 4.01. The fourth-order valence-electron chi connectivity index (χ4n) is 3.01. The Morgan fingerprint density at radius 1 is 1.36 bits per heavy atom. The molecule has 1 atom stereocenters. The van der Waals surface area contributed by atoms with Crippen LogP contribution in [0.2, 0.25) is 0 Å². The van der Waals surface area contributed by atoms with Crippen molar-refractivity contribution >= 4 is 5.96 Å². The van der Waals surface area contributed by atoms with Crippen molar-refractivity contribution in [2.75, 3.05) is 26.7 Å². The van der Waals surface area contributed by atoms with Gasteiger partial charge in [0.2, 0.25) is 0 Å². The summed E-state index contributed by atoms with van der Waals surface area (Å²) in [5.41, 5.74) is 1.48. The van der Waals surface area contributed by atoms with Gasteiger partial charge in [-0.1, -0.05) is 37.6 Å². The lowest BCUT2D eigenvalue weighted by Gasteiger charge is -2.25. The topological polar surface area (TPSA) is 47.9 Å². The minimum absolute atomic E-state index is 0.419. The van der Waals surface area contributed by atoms with Crippen molar-refractivity contribution < 1.29 is 5.11 Å². The molecule has 1 aliphatic rings. The van der Waals surface area contributed by atoms with E-state index in [1.165, 1.54) is 12.0 Å². The predicted molar refractivity (Wildman–Crippen MR) is 92.2 cm³/mol. The van der Waals surface area contributed by atoms with Crippen molar-refractivity contribution in [3.05, 3.63) is 35.4 Å². The van der Waals surface area contributed by atoms with Gasteiger partial charge >= 0.3 is 0 Å². The monoisotopic (exact) mass is 303 g/mol. The van der Waals surface area contributed by atoms with Gasteiger partial charge in [0.15, 0.2) is 5.96 Å². The minimum atomic E-state index is -0.817. The second-order valence-corrected chi connectivity index (χ2v) is 6.13. The Bertz CT molecular complexity index is 515. The summed E-state index contributed by atoms with van der Waals surface area (Å²) < 4.78 is 0. The molecule has 0 aromatic heterocycles. The van der Waals surface area contributed by atoms with Crippen molar-refractivity contribution in [2.24, 2.45) is 4.99 Å². The summed E-state index contributed by atoms with van der Waals surface area (Å²) in [5.74, 6) is 0.883. The molecule has 4 heteroatoms. The lowest BCUT2D eigenvalue weighted by molar-refractivity contribution is 0.0483. The molecule has 2 rings (SSSR count). The molecule has 1 unspecified atom stereocenters. The molecule has 22 heavy (non-hydrogen) atoms. The van der Waals surface area contributed by atoms with Gasteiger partial charge in [0.05, 0.1) is 6.54 Å². The molecule has 0 heterocycles. The summed E-state index contributed by atoms with van der Waals surface area (Å²) in [5, 5.41) is 14.3. The maximum Gasteiger partial charge on any atom is 0.193 e. The summed E-state index contributed by atoms with van der Waals surface area (Å²) in [4.78, 5) is 6.85. The smallest absolute Gasteiger partial charge is 0.193 e. The second kappa shape index (κ2) is 7.63. The lowest BCUT2D eigenvalue weighted by atomic mass is 9.96. The highest BCUT2D eigenvalue weighted by Crippen LogP contribution is 2.36. The van der Waals surface area contributed by atoms with Gasteiger partial charge < -0.3 is 15.3 Å². The molecule has 0 bridgehead atoms. The number of unbranched alkanes of at least 4 members (excludes halogenated alkanes) is 1. The van der Waals surface area contributed by atoms with Crippen molar-refractivity contribution in [1.29, 1.82) is 0 Å². The van der Waals surface area contributed by atoms with Gasteiger partial charge in [0.1, 0.15) is 5.60 Å². The van der Waals surface area contributed by atoms with Gasteiger partial charge in [0, 0.05) is 20.1 Å². The lowest BCUT2D eigenvalue weighted by Crippen LogP contribution is -2.40. The molecule has 0 amide bonds. The van der Waals surface area contributed by atoms with Crippen LogP contribution in [0.4, 0.5) is 0 Å². The van der Waals surface area contributed by atoms with Crippen LogP contribution in [0.1, 0.15) is 44.2 Å². The molecule has 0 aliphatic heterocycles. The van der Waals surface area contributed by atoms with Crippen LogP contribution in [0.3, 0.4) is 0 Å². The third-order valence-electron chi connectivity index (χ3n) is 4.36. The average Bonchev–Trinajstić information content (AvgIpc) is 2.87. The second-order valence-electron chi connectivity index (χ2n) is 6.13. The Morgan fingerprint density at radius 3 is 2.86 bits per heavy atom. The van der Waals surface area contributed by atoms with E-state index in [9.17, 15) is 5.11 Å². The van der Waals surface area contributed by atoms with E-state index in [-0.39, 0.29) is 0 Å². The maximum absolute atomic E-state index is 11.0. The number of guanidine groups is 1. The Kier molecular flexibility index (Phi) is 5.83. The highest BCUT2D eigenvalue weighted by molar-refractivity contribution is 5.79. The van der Waals surface area contributed by atoms with E-state index >= 15 is 0 Å². The van der Waals surface area contributed by atoms with Crippen LogP contribution in [0.15, 0.2) is 29.3 Å². The maximum atomic E-state index is 11.0. The molecule has 0 radical (unpaired) electrons. The summed E-state index contributed by atoms with van der Waals surface area (Å²) in [7, 11) is 2.06. The first kappa shape index (κ1) is 16.8. The zero-order valence-corrected chi connectivity index (χ0v) is 14.1. The third kappa shape index (κ3) is 3.80. The van der Waals surface area contributed by atoms with Crippen LogP contribution in [-0.4, -0.2) is 42.6 Å². The molecule has 0 saturated carbocycles. The number of rotatable bonds is 6. The van der Waals surface area contributed by atoms with Crippen molar-refractivity contribution in [3.63, 3.8) is 0 Å². The number of benzene rings is 1. The summed E-state index contributed by atoms with van der Waals surface area (Å²) >= 11 is 0. The first-order chi connectivity index (χ1) is 10.6. The first-order valence-electron chi connectivity index (χ1n) is 8.41. The molecular formula is C18H29N3O. The molecule has 0 fully saturated rings. The molecule has 1 aromatic rings. The minimum Gasteiger partial charge on any atom is -0.383 e. The zero-order valence-electron chi connectivity index (χ0n) is 14.1. The Balaban J connectivity index is 2.10. The van der Waals surface area contributed by atoms with E-state index < -0.39 is 5.60 Å². The van der Waals surface area contributed by atoms with E-state index in [1.54, 1.807) is 0 Å². The van der Waals surface area contributed by atoms with E-state index in [0.29, 0.717) is 6.54 Å². The molecule has 1 aromatic carbocycles. The highest BCUT2D eigenvalue weighted by atomic mass is 16.3. The number of hydrogen-bond donors (Lipinski definition) is 2. The Labute approximate surface area is 134 Å². The zero-order chi connectivity index (χ0) is 16.0. The molecule has 0 saturated heterocycles. The van der Waals surface area contributed by atoms with Crippen LogP contribution in [0.5, 0.6) is 0 Å². The molecule has 2 N–H and O–H groups in total. The van der Waals surface area contributed by atoms with Crippen LogP contribution in [0.25, 0.3) is 0 Å². The molecule has 1 aliphatic carbocycles. The normalized spacial score (nSPS) is 20.8. The number of nitrogens with one attached hydrogen (secondary N) is 1. The highest BCUT2D eigenvalue weighted by Gasteiger charge is 2.36. The fraction of sp³-hybridized carbons (Fsp3) is 0.611.